The van der Waals surface area contributed by atoms with Gasteiger partial charge in [0.1, 0.15) is 0 Å². The summed E-state index contributed by atoms with van der Waals surface area (Å²) in [5.74, 6) is 0.211. The summed E-state index contributed by atoms with van der Waals surface area (Å²) in [7, 11) is 0. The van der Waals surface area contributed by atoms with E-state index in [0.29, 0.717) is 50.7 Å². The Morgan fingerprint density at radius 1 is 0.906 bits per heavy atom. The van der Waals surface area contributed by atoms with Crippen LogP contribution in [-0.4, -0.2) is 65.1 Å². The lowest BCUT2D eigenvalue weighted by atomic mass is 10.0. The van der Waals surface area contributed by atoms with Crippen molar-refractivity contribution < 1.29 is 14.4 Å². The van der Waals surface area contributed by atoms with Gasteiger partial charge in [0.05, 0.1) is 5.92 Å². The van der Waals surface area contributed by atoms with Crippen molar-refractivity contribution in [3.8, 4) is 0 Å². The zero-order chi connectivity index (χ0) is 22.7. The first-order valence-electron chi connectivity index (χ1n) is 11.4. The highest BCUT2D eigenvalue weighted by Crippen LogP contribution is 2.23. The molecule has 2 heterocycles. The first-order valence-corrected chi connectivity index (χ1v) is 11.4. The van der Waals surface area contributed by atoms with E-state index in [4.69, 9.17) is 0 Å². The lowest BCUT2D eigenvalue weighted by Crippen LogP contribution is -2.52. The molecule has 0 radical (unpaired) electrons. The van der Waals surface area contributed by atoms with Gasteiger partial charge in [-0.15, -0.1) is 0 Å². The largest absolute Gasteiger partial charge is 0.339 e. The molecular formula is C26H31N3O3. The summed E-state index contributed by atoms with van der Waals surface area (Å²) in [5.41, 5.74) is 2.97. The van der Waals surface area contributed by atoms with Crippen LogP contribution >= 0.6 is 0 Å². The molecule has 2 aromatic rings. The average Bonchev–Trinajstić information content (AvgIpc) is 3.19. The van der Waals surface area contributed by atoms with Crippen molar-refractivity contribution in [2.45, 2.75) is 32.7 Å². The lowest BCUT2D eigenvalue weighted by Gasteiger charge is -2.36. The molecule has 0 saturated carbocycles. The standard InChI is InChI=1S/C26H31N3O3/c1-19(2)21-8-10-22(11-9-21)25(31)27-12-14-28(15-13-27)26(32)23-16-24(30)29(18-23)17-20-6-4-3-5-7-20/h3-11,19,23H,12-18H2,1-2H3. The van der Waals surface area contributed by atoms with Gasteiger partial charge in [-0.3, -0.25) is 14.4 Å². The van der Waals surface area contributed by atoms with Gasteiger partial charge >= 0.3 is 0 Å². The molecule has 0 spiro atoms. The molecule has 2 fully saturated rings. The Morgan fingerprint density at radius 3 is 2.16 bits per heavy atom. The maximum Gasteiger partial charge on any atom is 0.253 e. The van der Waals surface area contributed by atoms with Crippen LogP contribution in [0, 0.1) is 5.92 Å². The van der Waals surface area contributed by atoms with Crippen molar-refractivity contribution >= 4 is 17.7 Å². The van der Waals surface area contributed by atoms with Gasteiger partial charge in [0.15, 0.2) is 0 Å². The fraction of sp³-hybridized carbons (Fsp3) is 0.423. The number of piperazine rings is 1. The molecular weight excluding hydrogens is 402 g/mol. The fourth-order valence-corrected chi connectivity index (χ4v) is 4.48. The summed E-state index contributed by atoms with van der Waals surface area (Å²) >= 11 is 0. The molecule has 2 aromatic carbocycles. The van der Waals surface area contributed by atoms with Crippen molar-refractivity contribution in [2.24, 2.45) is 5.92 Å². The highest BCUT2D eigenvalue weighted by atomic mass is 16.2. The van der Waals surface area contributed by atoms with Gasteiger partial charge in [0.2, 0.25) is 11.8 Å². The maximum absolute atomic E-state index is 13.0. The van der Waals surface area contributed by atoms with Gasteiger partial charge in [-0.1, -0.05) is 56.3 Å². The minimum Gasteiger partial charge on any atom is -0.339 e. The van der Waals surface area contributed by atoms with E-state index in [1.54, 1.807) is 4.90 Å². The van der Waals surface area contributed by atoms with Gasteiger partial charge < -0.3 is 14.7 Å². The van der Waals surface area contributed by atoms with E-state index in [-0.39, 0.29) is 30.1 Å². The van der Waals surface area contributed by atoms with E-state index >= 15 is 0 Å². The van der Waals surface area contributed by atoms with Crippen LogP contribution in [0.3, 0.4) is 0 Å². The summed E-state index contributed by atoms with van der Waals surface area (Å²) < 4.78 is 0. The van der Waals surface area contributed by atoms with Crippen molar-refractivity contribution in [1.82, 2.24) is 14.7 Å². The quantitative estimate of drug-likeness (QED) is 0.728. The van der Waals surface area contributed by atoms with Gasteiger partial charge in [0.25, 0.3) is 5.91 Å². The monoisotopic (exact) mass is 433 g/mol. The summed E-state index contributed by atoms with van der Waals surface area (Å²) in [6.45, 7) is 7.33. The van der Waals surface area contributed by atoms with E-state index in [2.05, 4.69) is 13.8 Å². The molecule has 0 bridgehead atoms. The highest BCUT2D eigenvalue weighted by Gasteiger charge is 2.37. The van der Waals surface area contributed by atoms with Crippen LogP contribution in [0.2, 0.25) is 0 Å². The highest BCUT2D eigenvalue weighted by molar-refractivity contribution is 5.94. The molecule has 3 amide bonds. The number of nitrogens with zero attached hydrogens (tertiary/aromatic N) is 3. The third-order valence-corrected chi connectivity index (χ3v) is 6.48. The molecule has 168 valence electrons. The fourth-order valence-electron chi connectivity index (χ4n) is 4.48. The number of carbonyl (C=O) groups is 3. The number of amides is 3. The lowest BCUT2D eigenvalue weighted by molar-refractivity contribution is -0.137. The van der Waals surface area contributed by atoms with E-state index in [0.717, 1.165) is 5.56 Å². The van der Waals surface area contributed by atoms with Crippen molar-refractivity contribution in [2.75, 3.05) is 32.7 Å². The second kappa shape index (κ2) is 9.55. The molecule has 0 aliphatic carbocycles. The van der Waals surface area contributed by atoms with Gasteiger partial charge in [0, 0.05) is 51.3 Å². The molecule has 6 heteroatoms. The van der Waals surface area contributed by atoms with Crippen LogP contribution < -0.4 is 0 Å². The molecule has 0 aromatic heterocycles. The average molecular weight is 434 g/mol. The Balaban J connectivity index is 1.29. The predicted molar refractivity (Wildman–Crippen MR) is 123 cm³/mol. The van der Waals surface area contributed by atoms with E-state index in [9.17, 15) is 14.4 Å². The van der Waals surface area contributed by atoms with Gasteiger partial charge in [-0.25, -0.2) is 0 Å². The molecule has 0 N–H and O–H groups in total. The van der Waals surface area contributed by atoms with Crippen LogP contribution in [0.5, 0.6) is 0 Å². The van der Waals surface area contributed by atoms with Crippen LogP contribution in [-0.2, 0) is 16.1 Å². The van der Waals surface area contributed by atoms with Crippen LogP contribution in [0.15, 0.2) is 54.6 Å². The SMILES string of the molecule is CC(C)c1ccc(C(=O)N2CCN(C(=O)C3CC(=O)N(Cc4ccccc4)C3)CC2)cc1. The molecule has 32 heavy (non-hydrogen) atoms. The summed E-state index contributed by atoms with van der Waals surface area (Å²) in [5, 5.41) is 0. The molecule has 2 saturated heterocycles. The zero-order valence-corrected chi connectivity index (χ0v) is 18.9. The molecule has 2 aliphatic rings. The van der Waals surface area contributed by atoms with Crippen molar-refractivity contribution in [3.63, 3.8) is 0 Å². The van der Waals surface area contributed by atoms with E-state index in [1.807, 2.05) is 64.4 Å². The Hall–Kier alpha value is -3.15. The predicted octanol–water partition coefficient (Wildman–Crippen LogP) is 3.14. The second-order valence-electron chi connectivity index (χ2n) is 9.06. The van der Waals surface area contributed by atoms with Crippen LogP contribution in [0.1, 0.15) is 47.7 Å². The zero-order valence-electron chi connectivity index (χ0n) is 18.9. The minimum absolute atomic E-state index is 0.0116. The molecule has 2 aliphatic heterocycles. The van der Waals surface area contributed by atoms with E-state index < -0.39 is 0 Å². The summed E-state index contributed by atoms with van der Waals surface area (Å²) in [6.07, 6.45) is 0.271. The van der Waals surface area contributed by atoms with Crippen molar-refractivity contribution in [1.29, 1.82) is 0 Å². The second-order valence-corrected chi connectivity index (χ2v) is 9.06. The molecule has 6 nitrogen and oxygen atoms in total. The number of likely N-dealkylation sites (tertiary alicyclic amines) is 1. The number of hydrogen-bond acceptors (Lipinski definition) is 3. The Labute approximate surface area is 189 Å². The summed E-state index contributed by atoms with van der Waals surface area (Å²) in [4.78, 5) is 43.7. The number of hydrogen-bond donors (Lipinski definition) is 0. The Kier molecular flexibility index (Phi) is 6.58. The smallest absolute Gasteiger partial charge is 0.253 e. The normalized spacial score (nSPS) is 19.0. The third kappa shape index (κ3) is 4.85. The number of carbonyl (C=O) groups excluding carboxylic acids is 3. The number of benzene rings is 2. The van der Waals surface area contributed by atoms with Gasteiger partial charge in [-0.05, 0) is 29.2 Å². The van der Waals surface area contributed by atoms with Crippen LogP contribution in [0.25, 0.3) is 0 Å². The molecule has 1 atom stereocenters. The molecule has 4 rings (SSSR count). The van der Waals surface area contributed by atoms with Crippen LogP contribution in [0.4, 0.5) is 0 Å². The minimum atomic E-state index is -0.294. The number of rotatable bonds is 5. The molecule has 1 unspecified atom stereocenters. The van der Waals surface area contributed by atoms with Gasteiger partial charge in [-0.2, -0.15) is 0 Å². The summed E-state index contributed by atoms with van der Waals surface area (Å²) in [6, 6.07) is 17.7. The third-order valence-electron chi connectivity index (χ3n) is 6.48. The Bertz CT molecular complexity index is 964. The maximum atomic E-state index is 13.0. The Morgan fingerprint density at radius 2 is 1.53 bits per heavy atom. The first-order chi connectivity index (χ1) is 15.4. The topological polar surface area (TPSA) is 60.9 Å². The van der Waals surface area contributed by atoms with Crippen molar-refractivity contribution in [3.05, 3.63) is 71.3 Å². The first kappa shape index (κ1) is 22.1. The van der Waals surface area contributed by atoms with E-state index in [1.165, 1.54) is 5.56 Å².